The van der Waals surface area contributed by atoms with Crippen LogP contribution in [0, 0.1) is 28.6 Å². The van der Waals surface area contributed by atoms with Crippen molar-refractivity contribution in [3.63, 3.8) is 0 Å². The largest absolute Gasteiger partial charge is 0.392 e. The Labute approximate surface area is 175 Å². The summed E-state index contributed by atoms with van der Waals surface area (Å²) in [7, 11) is 3.83. The first-order valence-corrected chi connectivity index (χ1v) is 11.8. The summed E-state index contributed by atoms with van der Waals surface area (Å²) in [5.74, 6) is -0.362. The average molecular weight is 424 g/mol. The molecule has 8 heteroatoms. The molecule has 1 N–H and O–H groups in total. The monoisotopic (exact) mass is 423 g/mol. The summed E-state index contributed by atoms with van der Waals surface area (Å²) in [6.45, 7) is 6.31. The number of hydrogen-bond donors (Lipinski definition) is 1. The fourth-order valence-corrected chi connectivity index (χ4v) is 8.55. The maximum Gasteiger partial charge on any atom is 0.254 e. The third-order valence-electron chi connectivity index (χ3n) is 8.57. The first kappa shape index (κ1) is 21.0. The quantitative estimate of drug-likeness (QED) is 0.684. The maximum absolute atomic E-state index is 13.7. The Morgan fingerprint density at radius 2 is 1.93 bits per heavy atom. The normalized spacial score (nSPS) is 41.9. The number of carbonyl (C=O) groups excluding carboxylic acids is 2. The molecule has 29 heavy (non-hydrogen) atoms. The highest BCUT2D eigenvalue weighted by Crippen LogP contribution is 2.66. The van der Waals surface area contributed by atoms with Gasteiger partial charge in [-0.3, -0.25) is 23.7 Å². The van der Waals surface area contributed by atoms with Crippen molar-refractivity contribution in [2.45, 2.75) is 52.2 Å². The van der Waals surface area contributed by atoms with Crippen LogP contribution in [0.3, 0.4) is 0 Å². The van der Waals surface area contributed by atoms with E-state index in [2.05, 4.69) is 13.8 Å². The van der Waals surface area contributed by atoms with Crippen LogP contribution >= 0.6 is 0 Å². The van der Waals surface area contributed by atoms with Crippen molar-refractivity contribution in [3.05, 3.63) is 11.1 Å². The zero-order valence-corrected chi connectivity index (χ0v) is 19.0. The van der Waals surface area contributed by atoms with Crippen LogP contribution in [0.5, 0.6) is 0 Å². The molecule has 3 fully saturated rings. The zero-order valence-electron chi connectivity index (χ0n) is 18.2. The summed E-state index contributed by atoms with van der Waals surface area (Å²) in [4.78, 5) is 27.4. The van der Waals surface area contributed by atoms with Crippen LogP contribution in [0.25, 0.3) is 0 Å². The van der Waals surface area contributed by atoms with Gasteiger partial charge in [0.15, 0.2) is 0 Å². The number of hydrazine groups is 1. The average Bonchev–Trinajstić information content (AvgIpc) is 3.10. The maximum atomic E-state index is 13.7. The van der Waals surface area contributed by atoms with Crippen molar-refractivity contribution in [1.82, 2.24) is 14.9 Å². The summed E-state index contributed by atoms with van der Waals surface area (Å²) in [6, 6.07) is -0.583. The van der Waals surface area contributed by atoms with Gasteiger partial charge < -0.3 is 5.11 Å². The molecule has 2 bridgehead atoms. The molecule has 0 aromatic heterocycles. The second-order valence-corrected chi connectivity index (χ2v) is 11.6. The van der Waals surface area contributed by atoms with Crippen LogP contribution in [0.2, 0.25) is 0 Å². The highest BCUT2D eigenvalue weighted by atomic mass is 32.2. The Bertz CT molecular complexity index is 810. The Morgan fingerprint density at radius 1 is 1.28 bits per heavy atom. The smallest absolute Gasteiger partial charge is 0.254 e. The van der Waals surface area contributed by atoms with E-state index in [-0.39, 0.29) is 28.6 Å². The first-order valence-electron chi connectivity index (χ1n) is 10.5. The summed E-state index contributed by atoms with van der Waals surface area (Å²) >= 11 is 0. The zero-order chi connectivity index (χ0) is 21.5. The molecule has 2 saturated carbocycles. The van der Waals surface area contributed by atoms with Gasteiger partial charge in [0.1, 0.15) is 6.04 Å². The Morgan fingerprint density at radius 3 is 2.45 bits per heavy atom. The molecule has 2 aliphatic carbocycles. The van der Waals surface area contributed by atoms with Crippen LogP contribution < -0.4 is 0 Å². The first-order chi connectivity index (χ1) is 13.4. The predicted molar refractivity (Wildman–Crippen MR) is 110 cm³/mol. The Balaban J connectivity index is 1.68. The van der Waals surface area contributed by atoms with Crippen LogP contribution in [-0.2, 0) is 20.4 Å². The highest BCUT2D eigenvalue weighted by molar-refractivity contribution is 7.89. The number of likely N-dealkylation sites (N-methyl/N-ethyl adjacent to an activating group) is 1. The molecule has 2 amide bonds. The van der Waals surface area contributed by atoms with Gasteiger partial charge in [0.05, 0.1) is 22.8 Å². The van der Waals surface area contributed by atoms with Crippen LogP contribution in [-0.4, -0.2) is 75.1 Å². The number of amides is 2. The number of likely N-dealkylation sites (tertiary alicyclic amines) is 1. The molecule has 0 aromatic rings. The molecule has 1 saturated heterocycles. The summed E-state index contributed by atoms with van der Waals surface area (Å²) < 4.78 is 13.7. The number of allylic oxidation sites excluding steroid dienone is 1. The molecule has 0 radical (unpaired) electrons. The molecule has 1 unspecified atom stereocenters. The van der Waals surface area contributed by atoms with E-state index in [1.54, 1.807) is 10.0 Å². The van der Waals surface area contributed by atoms with E-state index in [1.165, 1.54) is 11.9 Å². The van der Waals surface area contributed by atoms with Gasteiger partial charge in [-0.2, -0.15) is 0 Å². The second-order valence-electron chi connectivity index (χ2n) is 10.1. The lowest BCUT2D eigenvalue weighted by Crippen LogP contribution is -2.52. The number of fused-ring (bicyclic) bond motifs is 3. The molecular formula is C21H33N3O4S. The van der Waals surface area contributed by atoms with Crippen molar-refractivity contribution in [3.8, 4) is 0 Å². The fraction of sp³-hybridized carbons (Fsp3) is 0.810. The summed E-state index contributed by atoms with van der Waals surface area (Å²) in [5, 5.41) is 14.4. The SMILES string of the molecule is C[C@@H]1C(S(=O)C[C@]23CC[C@H](C[C@H]2O)C3(C)C)=CN(N(C)C)[C@H]2C(=O)N(C)C(=O)[C@@H]12. The number of hydrogen-bond acceptors (Lipinski definition) is 6. The van der Waals surface area contributed by atoms with Gasteiger partial charge in [0.25, 0.3) is 5.91 Å². The van der Waals surface area contributed by atoms with Gasteiger partial charge in [-0.25, -0.2) is 5.01 Å². The van der Waals surface area contributed by atoms with Gasteiger partial charge in [-0.05, 0) is 30.6 Å². The molecule has 4 aliphatic rings. The highest BCUT2D eigenvalue weighted by Gasteiger charge is 2.64. The molecule has 162 valence electrons. The third kappa shape index (κ3) is 2.64. The fourth-order valence-electron chi connectivity index (χ4n) is 6.42. The van der Waals surface area contributed by atoms with Crippen molar-refractivity contribution < 1.29 is 18.9 Å². The number of carbonyl (C=O) groups is 2. The van der Waals surface area contributed by atoms with E-state index in [0.717, 1.165) is 19.3 Å². The Kier molecular flexibility index (Phi) is 4.80. The number of imide groups is 1. The number of rotatable bonds is 4. The van der Waals surface area contributed by atoms with E-state index in [1.807, 2.05) is 27.2 Å². The minimum Gasteiger partial charge on any atom is -0.392 e. The molecule has 7 atom stereocenters. The molecule has 2 heterocycles. The van der Waals surface area contributed by atoms with Crippen molar-refractivity contribution >= 4 is 22.6 Å². The van der Waals surface area contributed by atoms with Crippen LogP contribution in [0.15, 0.2) is 11.1 Å². The van der Waals surface area contributed by atoms with Gasteiger partial charge in [-0.15, -0.1) is 0 Å². The lowest BCUT2D eigenvalue weighted by atomic mass is 9.70. The standard InChI is InChI=1S/C21H33N3O4S/c1-12-14(10-24(22(4)5)17-16(12)18(26)23(6)19(17)27)29(28)11-21-8-7-13(9-15(21)25)20(21,2)3/h10,12-13,15-17,25H,7-9,11H2,1-6H3/t12-,13-,15-,16+,17-,21-,29?/m1/s1. The van der Waals surface area contributed by atoms with E-state index >= 15 is 0 Å². The van der Waals surface area contributed by atoms with Crippen molar-refractivity contribution in [2.24, 2.45) is 28.6 Å². The molecular weight excluding hydrogens is 390 g/mol. The topological polar surface area (TPSA) is 81.2 Å². The lowest BCUT2D eigenvalue weighted by molar-refractivity contribution is -0.139. The summed E-state index contributed by atoms with van der Waals surface area (Å²) in [5.41, 5.74) is -0.404. The molecule has 2 aliphatic heterocycles. The lowest BCUT2D eigenvalue weighted by Gasteiger charge is -2.43. The van der Waals surface area contributed by atoms with E-state index in [0.29, 0.717) is 16.6 Å². The number of aliphatic hydroxyl groups excluding tert-OH is 1. The minimum absolute atomic E-state index is 0.0519. The van der Waals surface area contributed by atoms with E-state index in [4.69, 9.17) is 0 Å². The van der Waals surface area contributed by atoms with Gasteiger partial charge in [-0.1, -0.05) is 20.8 Å². The van der Waals surface area contributed by atoms with Gasteiger partial charge in [0.2, 0.25) is 5.91 Å². The van der Waals surface area contributed by atoms with E-state index in [9.17, 15) is 18.9 Å². The van der Waals surface area contributed by atoms with Crippen molar-refractivity contribution in [2.75, 3.05) is 26.9 Å². The van der Waals surface area contributed by atoms with Crippen molar-refractivity contribution in [1.29, 1.82) is 0 Å². The van der Waals surface area contributed by atoms with Gasteiger partial charge >= 0.3 is 0 Å². The molecule has 4 rings (SSSR count). The van der Waals surface area contributed by atoms with Crippen LogP contribution in [0.1, 0.15) is 40.0 Å². The minimum atomic E-state index is -1.34. The summed E-state index contributed by atoms with van der Waals surface area (Å²) in [6.07, 6.45) is 4.12. The van der Waals surface area contributed by atoms with Gasteiger partial charge in [0, 0.05) is 49.3 Å². The molecule has 7 nitrogen and oxygen atoms in total. The van der Waals surface area contributed by atoms with Crippen LogP contribution in [0.4, 0.5) is 0 Å². The second kappa shape index (κ2) is 6.62. The Hall–Kier alpha value is -1.25. The molecule has 0 spiro atoms. The predicted octanol–water partition coefficient (Wildman–Crippen LogP) is 1.18. The third-order valence-corrected chi connectivity index (χ3v) is 10.4. The molecule has 0 aromatic carbocycles. The number of aliphatic hydroxyl groups is 1. The number of nitrogens with zero attached hydrogens (tertiary/aromatic N) is 3. The van der Waals surface area contributed by atoms with E-state index < -0.39 is 28.9 Å².